The molecule has 3 atom stereocenters. The highest BCUT2D eigenvalue weighted by Crippen LogP contribution is 2.42. The zero-order chi connectivity index (χ0) is 11.9. The topological polar surface area (TPSA) is 53.3 Å². The number of amides is 1. The smallest absolute Gasteiger partial charge is 0.410 e. The Morgan fingerprint density at radius 1 is 1.44 bits per heavy atom. The van der Waals surface area contributed by atoms with Gasteiger partial charge in [-0.25, -0.2) is 4.79 Å². The first-order valence-electron chi connectivity index (χ1n) is 5.81. The molecule has 2 fully saturated rings. The van der Waals surface area contributed by atoms with Gasteiger partial charge in [0.1, 0.15) is 5.60 Å². The molecule has 1 aliphatic carbocycles. The van der Waals surface area contributed by atoms with E-state index in [0.29, 0.717) is 12.5 Å². The fourth-order valence-electron chi connectivity index (χ4n) is 2.72. The van der Waals surface area contributed by atoms with Crippen molar-refractivity contribution < 1.29 is 9.53 Å². The summed E-state index contributed by atoms with van der Waals surface area (Å²) in [5.74, 6) is 0.384. The van der Waals surface area contributed by atoms with Crippen LogP contribution in [0.4, 0.5) is 4.79 Å². The summed E-state index contributed by atoms with van der Waals surface area (Å²) in [5, 5.41) is 9.05. The number of rotatable bonds is 0. The molecular formula is C12H18N2O2. The zero-order valence-corrected chi connectivity index (χ0v) is 10.1. The Morgan fingerprint density at radius 3 is 2.62 bits per heavy atom. The number of carbonyl (C=O) groups is 1. The Kier molecular flexibility index (Phi) is 2.57. The third-order valence-electron chi connectivity index (χ3n) is 3.36. The molecule has 1 heterocycles. The molecule has 1 saturated carbocycles. The second-order valence-electron chi connectivity index (χ2n) is 5.69. The lowest BCUT2D eigenvalue weighted by Gasteiger charge is -2.30. The second kappa shape index (κ2) is 3.65. The van der Waals surface area contributed by atoms with Gasteiger partial charge in [-0.05, 0) is 39.5 Å². The summed E-state index contributed by atoms with van der Waals surface area (Å²) in [6, 6.07) is 2.41. The Labute approximate surface area is 96.2 Å². The maximum Gasteiger partial charge on any atom is 0.410 e. The van der Waals surface area contributed by atoms with Gasteiger partial charge in [-0.1, -0.05) is 0 Å². The van der Waals surface area contributed by atoms with Crippen molar-refractivity contribution in [3.05, 3.63) is 0 Å². The van der Waals surface area contributed by atoms with Crippen LogP contribution in [0.3, 0.4) is 0 Å². The number of fused-ring (bicyclic) bond motifs is 2. The largest absolute Gasteiger partial charge is 0.444 e. The van der Waals surface area contributed by atoms with Crippen LogP contribution in [0.15, 0.2) is 0 Å². The molecule has 2 bridgehead atoms. The molecule has 0 N–H and O–H groups in total. The van der Waals surface area contributed by atoms with Crippen LogP contribution in [-0.2, 0) is 4.74 Å². The molecular weight excluding hydrogens is 204 g/mol. The minimum atomic E-state index is -0.457. The summed E-state index contributed by atoms with van der Waals surface area (Å²) in [7, 11) is 0. The molecule has 2 rings (SSSR count). The van der Waals surface area contributed by atoms with Gasteiger partial charge in [0.15, 0.2) is 0 Å². The third-order valence-corrected chi connectivity index (χ3v) is 3.36. The highest BCUT2D eigenvalue weighted by atomic mass is 16.6. The number of nitriles is 1. The highest BCUT2D eigenvalue weighted by molar-refractivity contribution is 5.69. The van der Waals surface area contributed by atoms with Crippen molar-refractivity contribution in [1.29, 1.82) is 5.26 Å². The Bertz CT molecular complexity index is 340. The third kappa shape index (κ3) is 1.87. The molecule has 4 heteroatoms. The lowest BCUT2D eigenvalue weighted by molar-refractivity contribution is 0.0185. The van der Waals surface area contributed by atoms with E-state index in [2.05, 4.69) is 6.07 Å². The molecule has 2 aliphatic rings. The minimum Gasteiger partial charge on any atom is -0.444 e. The maximum atomic E-state index is 11.9. The summed E-state index contributed by atoms with van der Waals surface area (Å²) < 4.78 is 5.34. The van der Waals surface area contributed by atoms with Crippen LogP contribution in [0.1, 0.15) is 33.6 Å². The van der Waals surface area contributed by atoms with Crippen LogP contribution in [0.25, 0.3) is 0 Å². The summed E-state index contributed by atoms with van der Waals surface area (Å²) in [5.41, 5.74) is -0.457. The van der Waals surface area contributed by atoms with Crippen LogP contribution in [0, 0.1) is 23.2 Å². The van der Waals surface area contributed by atoms with Gasteiger partial charge in [0.05, 0.1) is 18.0 Å². The van der Waals surface area contributed by atoms with E-state index in [-0.39, 0.29) is 18.1 Å². The Morgan fingerprint density at radius 2 is 2.12 bits per heavy atom. The van der Waals surface area contributed by atoms with Crippen molar-refractivity contribution in [2.24, 2.45) is 11.8 Å². The molecule has 88 valence electrons. The van der Waals surface area contributed by atoms with Crippen LogP contribution < -0.4 is 0 Å². The second-order valence-corrected chi connectivity index (χ2v) is 5.69. The highest BCUT2D eigenvalue weighted by Gasteiger charge is 2.49. The van der Waals surface area contributed by atoms with Gasteiger partial charge in [-0.2, -0.15) is 5.26 Å². The lowest BCUT2D eigenvalue weighted by Crippen LogP contribution is -2.42. The number of hydrogen-bond acceptors (Lipinski definition) is 3. The average Bonchev–Trinajstić information content (AvgIpc) is 2.70. The van der Waals surface area contributed by atoms with Crippen LogP contribution in [0.5, 0.6) is 0 Å². The van der Waals surface area contributed by atoms with Crippen molar-refractivity contribution in [1.82, 2.24) is 4.90 Å². The van der Waals surface area contributed by atoms with E-state index in [1.165, 1.54) is 0 Å². The van der Waals surface area contributed by atoms with E-state index in [9.17, 15) is 4.79 Å². The predicted molar refractivity (Wildman–Crippen MR) is 58.6 cm³/mol. The van der Waals surface area contributed by atoms with E-state index in [1.807, 2.05) is 20.8 Å². The van der Waals surface area contributed by atoms with Gasteiger partial charge < -0.3 is 9.64 Å². The summed E-state index contributed by atoms with van der Waals surface area (Å²) in [4.78, 5) is 13.6. The normalized spacial score (nSPS) is 32.6. The minimum absolute atomic E-state index is 0.0209. The van der Waals surface area contributed by atoms with Crippen LogP contribution in [-0.4, -0.2) is 29.2 Å². The van der Waals surface area contributed by atoms with Gasteiger partial charge in [0.2, 0.25) is 0 Å². The van der Waals surface area contributed by atoms with Gasteiger partial charge >= 0.3 is 6.09 Å². The van der Waals surface area contributed by atoms with Crippen LogP contribution in [0.2, 0.25) is 0 Å². The summed E-state index contributed by atoms with van der Waals surface area (Å²) in [6.45, 7) is 6.28. The van der Waals surface area contributed by atoms with E-state index in [1.54, 1.807) is 4.90 Å². The molecule has 1 aliphatic heterocycles. The molecule has 0 aromatic rings. The summed E-state index contributed by atoms with van der Waals surface area (Å²) in [6.07, 6.45) is 1.75. The fraction of sp³-hybridized carbons (Fsp3) is 0.833. The van der Waals surface area contributed by atoms with E-state index < -0.39 is 5.60 Å². The number of ether oxygens (including phenoxy) is 1. The number of nitrogens with zero attached hydrogens (tertiary/aromatic N) is 2. The lowest BCUT2D eigenvalue weighted by atomic mass is 10.0. The first kappa shape index (κ1) is 11.3. The van der Waals surface area contributed by atoms with E-state index in [0.717, 1.165) is 12.8 Å². The number of likely N-dealkylation sites (tertiary alicyclic amines) is 1. The van der Waals surface area contributed by atoms with Crippen molar-refractivity contribution in [3.63, 3.8) is 0 Å². The standard InChI is InChI=1S/C12H18N2O2/c1-12(2,3)16-11(15)14-7-8-4-5-10(14)9(8)6-13/h8-10H,4-5,7H2,1-3H3. The molecule has 4 nitrogen and oxygen atoms in total. The van der Waals surface area contributed by atoms with Crippen LogP contribution >= 0.6 is 0 Å². The number of piperidine rings is 1. The molecule has 3 unspecified atom stereocenters. The molecule has 1 amide bonds. The first-order valence-corrected chi connectivity index (χ1v) is 5.81. The molecule has 0 aromatic heterocycles. The van der Waals surface area contributed by atoms with Gasteiger partial charge in [0.25, 0.3) is 0 Å². The van der Waals surface area contributed by atoms with Crippen molar-refractivity contribution in [2.75, 3.05) is 6.54 Å². The van der Waals surface area contributed by atoms with Gasteiger partial charge in [-0.3, -0.25) is 0 Å². The SMILES string of the molecule is CC(C)(C)OC(=O)N1CC2CCC1C2C#N. The Balaban J connectivity index is 2.04. The van der Waals surface area contributed by atoms with Gasteiger partial charge in [-0.15, -0.1) is 0 Å². The maximum absolute atomic E-state index is 11.9. The quantitative estimate of drug-likeness (QED) is 0.631. The predicted octanol–water partition coefficient (Wildman–Crippen LogP) is 2.16. The Hall–Kier alpha value is -1.24. The first-order chi connectivity index (χ1) is 7.42. The molecule has 0 aromatic carbocycles. The number of hydrogen-bond donors (Lipinski definition) is 0. The molecule has 0 radical (unpaired) electrons. The zero-order valence-electron chi connectivity index (χ0n) is 10.1. The fourth-order valence-corrected chi connectivity index (χ4v) is 2.72. The van der Waals surface area contributed by atoms with Crippen molar-refractivity contribution in [2.45, 2.75) is 45.3 Å². The van der Waals surface area contributed by atoms with Gasteiger partial charge in [0, 0.05) is 6.54 Å². The summed E-state index contributed by atoms with van der Waals surface area (Å²) >= 11 is 0. The monoisotopic (exact) mass is 222 g/mol. The van der Waals surface area contributed by atoms with Crippen molar-refractivity contribution in [3.8, 4) is 6.07 Å². The van der Waals surface area contributed by atoms with Crippen molar-refractivity contribution >= 4 is 6.09 Å². The van der Waals surface area contributed by atoms with E-state index in [4.69, 9.17) is 10.00 Å². The van der Waals surface area contributed by atoms with E-state index >= 15 is 0 Å². The molecule has 16 heavy (non-hydrogen) atoms. The average molecular weight is 222 g/mol. The molecule has 0 spiro atoms. The molecule has 1 saturated heterocycles. The number of carbonyl (C=O) groups excluding carboxylic acids is 1.